The zero-order valence-corrected chi connectivity index (χ0v) is 12.8. The Morgan fingerprint density at radius 2 is 2.35 bits per heavy atom. The van der Waals surface area contributed by atoms with Crippen LogP contribution in [0.5, 0.6) is 0 Å². The van der Waals surface area contributed by atoms with Crippen molar-refractivity contribution in [2.75, 3.05) is 19.6 Å². The van der Waals surface area contributed by atoms with Crippen molar-refractivity contribution in [2.45, 2.75) is 32.2 Å². The van der Waals surface area contributed by atoms with Crippen LogP contribution in [-0.4, -0.2) is 39.1 Å². The fourth-order valence-electron chi connectivity index (χ4n) is 3.10. The second-order valence-electron chi connectivity index (χ2n) is 5.61. The number of rotatable bonds is 4. The fourth-order valence-corrected chi connectivity index (χ4v) is 3.27. The van der Waals surface area contributed by atoms with E-state index < -0.39 is 0 Å². The van der Waals surface area contributed by atoms with Gasteiger partial charge in [-0.3, -0.25) is 4.98 Å². The zero-order chi connectivity index (χ0) is 14.1. The first-order valence-corrected chi connectivity index (χ1v) is 7.79. The highest BCUT2D eigenvalue weighted by Gasteiger charge is 2.24. The van der Waals surface area contributed by atoms with Gasteiger partial charge in [-0.2, -0.15) is 0 Å². The minimum Gasteiger partial charge on any atom is -0.326 e. The average Bonchev–Trinajstić information content (AvgIpc) is 3.04. The van der Waals surface area contributed by atoms with E-state index in [0.717, 1.165) is 29.9 Å². The molecule has 1 fully saturated rings. The molecule has 2 unspecified atom stereocenters. The van der Waals surface area contributed by atoms with E-state index in [2.05, 4.69) is 26.4 Å². The second kappa shape index (κ2) is 5.70. The summed E-state index contributed by atoms with van der Waals surface area (Å²) >= 11 is 6.31. The average molecular weight is 293 g/mol. The fraction of sp³-hybridized carbons (Fsp3) is 0.600. The first-order chi connectivity index (χ1) is 9.69. The molecule has 2 atom stereocenters. The molecular formula is C15H21ClN4. The first-order valence-electron chi connectivity index (χ1n) is 7.35. The lowest BCUT2D eigenvalue weighted by atomic mass is 10.1. The molecule has 0 radical (unpaired) electrons. The van der Waals surface area contributed by atoms with Gasteiger partial charge in [-0.15, -0.1) is 11.6 Å². The van der Waals surface area contributed by atoms with Gasteiger partial charge in [0.1, 0.15) is 11.3 Å². The molecule has 0 N–H and O–H groups in total. The SMILES string of the molecule is CCN1CCC(Cn2c(C(C)Cl)nc3cnccc32)C1. The molecule has 5 heteroatoms. The molecule has 3 heterocycles. The summed E-state index contributed by atoms with van der Waals surface area (Å²) in [6.45, 7) is 8.75. The molecule has 0 spiro atoms. The smallest absolute Gasteiger partial charge is 0.127 e. The van der Waals surface area contributed by atoms with E-state index in [1.807, 2.05) is 25.4 Å². The van der Waals surface area contributed by atoms with Crippen LogP contribution in [-0.2, 0) is 6.54 Å². The van der Waals surface area contributed by atoms with Crippen LogP contribution in [0.1, 0.15) is 31.5 Å². The number of halogens is 1. The topological polar surface area (TPSA) is 34.0 Å². The Balaban J connectivity index is 1.91. The lowest BCUT2D eigenvalue weighted by molar-refractivity contribution is 0.332. The molecule has 0 amide bonds. The number of hydrogen-bond acceptors (Lipinski definition) is 3. The maximum atomic E-state index is 6.31. The maximum Gasteiger partial charge on any atom is 0.127 e. The van der Waals surface area contributed by atoms with E-state index in [9.17, 15) is 0 Å². The van der Waals surface area contributed by atoms with Gasteiger partial charge in [0.25, 0.3) is 0 Å². The number of imidazole rings is 1. The molecule has 2 aromatic heterocycles. The summed E-state index contributed by atoms with van der Waals surface area (Å²) in [4.78, 5) is 11.3. The van der Waals surface area contributed by atoms with E-state index in [-0.39, 0.29) is 5.38 Å². The lowest BCUT2D eigenvalue weighted by Gasteiger charge is -2.16. The van der Waals surface area contributed by atoms with Crippen molar-refractivity contribution in [3.63, 3.8) is 0 Å². The molecule has 108 valence electrons. The van der Waals surface area contributed by atoms with Gasteiger partial charge in [-0.05, 0) is 38.4 Å². The summed E-state index contributed by atoms with van der Waals surface area (Å²) in [7, 11) is 0. The molecule has 4 nitrogen and oxygen atoms in total. The molecule has 0 saturated carbocycles. The molecule has 1 saturated heterocycles. The first kappa shape index (κ1) is 13.8. The summed E-state index contributed by atoms with van der Waals surface area (Å²) in [5, 5.41) is -0.0777. The third kappa shape index (κ3) is 2.54. The van der Waals surface area contributed by atoms with E-state index in [1.165, 1.54) is 19.5 Å². The second-order valence-corrected chi connectivity index (χ2v) is 6.26. The highest BCUT2D eigenvalue weighted by molar-refractivity contribution is 6.20. The quantitative estimate of drug-likeness (QED) is 0.812. The van der Waals surface area contributed by atoms with Crippen molar-refractivity contribution in [3.8, 4) is 0 Å². The van der Waals surface area contributed by atoms with Crippen molar-refractivity contribution in [1.82, 2.24) is 19.4 Å². The summed E-state index contributed by atoms with van der Waals surface area (Å²) in [5.41, 5.74) is 2.10. The van der Waals surface area contributed by atoms with Gasteiger partial charge in [0, 0.05) is 19.3 Å². The maximum absolute atomic E-state index is 6.31. The molecule has 1 aliphatic heterocycles. The van der Waals surface area contributed by atoms with Gasteiger partial charge in [-0.25, -0.2) is 4.98 Å². The minimum atomic E-state index is -0.0777. The predicted octanol–water partition coefficient (Wildman–Crippen LogP) is 3.07. The van der Waals surface area contributed by atoms with Crippen LogP contribution in [0.25, 0.3) is 11.0 Å². The van der Waals surface area contributed by atoms with Gasteiger partial charge in [-0.1, -0.05) is 6.92 Å². The summed E-state index contributed by atoms with van der Waals surface area (Å²) in [5.74, 6) is 1.65. The van der Waals surface area contributed by atoms with Crippen LogP contribution >= 0.6 is 11.6 Å². The Hall–Kier alpha value is -1.13. The van der Waals surface area contributed by atoms with Crippen molar-refractivity contribution < 1.29 is 0 Å². The predicted molar refractivity (Wildman–Crippen MR) is 82.0 cm³/mol. The summed E-state index contributed by atoms with van der Waals surface area (Å²) in [6.07, 6.45) is 4.91. The number of aromatic nitrogens is 3. The molecule has 20 heavy (non-hydrogen) atoms. The summed E-state index contributed by atoms with van der Waals surface area (Å²) < 4.78 is 2.29. The van der Waals surface area contributed by atoms with E-state index >= 15 is 0 Å². The van der Waals surface area contributed by atoms with Crippen LogP contribution in [0.3, 0.4) is 0 Å². The van der Waals surface area contributed by atoms with Crippen LogP contribution in [0.15, 0.2) is 18.5 Å². The van der Waals surface area contributed by atoms with Crippen LogP contribution in [0.2, 0.25) is 0 Å². The number of likely N-dealkylation sites (tertiary alicyclic amines) is 1. The molecule has 0 aromatic carbocycles. The number of nitrogens with zero attached hydrogens (tertiary/aromatic N) is 4. The number of alkyl halides is 1. The third-order valence-electron chi connectivity index (χ3n) is 4.19. The Kier molecular flexibility index (Phi) is 3.94. The molecule has 0 aliphatic carbocycles. The highest BCUT2D eigenvalue weighted by Crippen LogP contribution is 2.27. The van der Waals surface area contributed by atoms with Gasteiger partial charge < -0.3 is 9.47 Å². The monoisotopic (exact) mass is 292 g/mol. The standard InChI is InChI=1S/C15H21ClN4/c1-3-19-7-5-12(9-19)10-20-14-4-6-17-8-13(14)18-15(20)11(2)16/h4,6,8,11-12H,3,5,7,9-10H2,1-2H3. The minimum absolute atomic E-state index is 0.0777. The largest absolute Gasteiger partial charge is 0.326 e. The number of hydrogen-bond donors (Lipinski definition) is 0. The van der Waals surface area contributed by atoms with Crippen LogP contribution in [0, 0.1) is 5.92 Å². The van der Waals surface area contributed by atoms with Gasteiger partial charge in [0.15, 0.2) is 0 Å². The zero-order valence-electron chi connectivity index (χ0n) is 12.1. The Labute approximate surface area is 124 Å². The molecule has 1 aliphatic rings. The van der Waals surface area contributed by atoms with Crippen LogP contribution < -0.4 is 0 Å². The van der Waals surface area contributed by atoms with Gasteiger partial charge in [0.2, 0.25) is 0 Å². The third-order valence-corrected chi connectivity index (χ3v) is 4.39. The number of fused-ring (bicyclic) bond motifs is 1. The molecular weight excluding hydrogens is 272 g/mol. The molecule has 3 rings (SSSR count). The molecule has 2 aromatic rings. The van der Waals surface area contributed by atoms with Crippen molar-refractivity contribution >= 4 is 22.6 Å². The van der Waals surface area contributed by atoms with E-state index in [1.54, 1.807) is 0 Å². The number of pyridine rings is 1. The summed E-state index contributed by atoms with van der Waals surface area (Å²) in [6, 6.07) is 2.04. The van der Waals surface area contributed by atoms with Crippen molar-refractivity contribution in [2.24, 2.45) is 5.92 Å². The van der Waals surface area contributed by atoms with Crippen molar-refractivity contribution in [3.05, 3.63) is 24.3 Å². The highest BCUT2D eigenvalue weighted by atomic mass is 35.5. The molecule has 0 bridgehead atoms. The Bertz CT molecular complexity index is 593. The Morgan fingerprint density at radius 3 is 3.05 bits per heavy atom. The Morgan fingerprint density at radius 1 is 1.50 bits per heavy atom. The van der Waals surface area contributed by atoms with E-state index in [4.69, 9.17) is 11.6 Å². The van der Waals surface area contributed by atoms with E-state index in [0.29, 0.717) is 5.92 Å². The van der Waals surface area contributed by atoms with Gasteiger partial charge in [0.05, 0.1) is 17.1 Å². The van der Waals surface area contributed by atoms with Gasteiger partial charge >= 0.3 is 0 Å². The lowest BCUT2D eigenvalue weighted by Crippen LogP contribution is -2.21. The van der Waals surface area contributed by atoms with Crippen molar-refractivity contribution in [1.29, 1.82) is 0 Å². The van der Waals surface area contributed by atoms with Crippen LogP contribution in [0.4, 0.5) is 0 Å². The normalized spacial score (nSPS) is 21.6.